The number of carbonyl (C=O) groups is 3. The van der Waals surface area contributed by atoms with Gasteiger partial charge in [0, 0.05) is 173 Å². The van der Waals surface area contributed by atoms with Crippen LogP contribution in [0.25, 0.3) is 101 Å². The lowest BCUT2D eigenvalue weighted by Gasteiger charge is -2.26. The van der Waals surface area contributed by atoms with E-state index < -0.39 is 17.9 Å². The molecule has 2 fully saturated rings. The Morgan fingerprint density at radius 3 is 1.31 bits per heavy atom. The zero-order valence-corrected chi connectivity index (χ0v) is 59.2. The number of imidazole rings is 3. The summed E-state index contributed by atoms with van der Waals surface area (Å²) in [7, 11) is 0. The number of amides is 5. The number of halogens is 1. The third kappa shape index (κ3) is 19.2. The SMILES string of the molecule is CCNC(=O)Nc1nc2c(-c3ncccc3F)cc(-c3cnc(NCc4ccccn4)nc3)cc2[nH]1.CCNC(=O)Nc1nc2c(-c3ncccn3)cc(-c3cnc(NCCN4CCOCC4)nc3)cc2[nH]1.CCOC(=O)Nc1nc2c(-c3ncccn3)cc(-c3cnc(NCCN4CCOCC4)nc3)cc2[nH]1. The minimum atomic E-state index is -0.584. The number of benzene rings is 3. The van der Waals surface area contributed by atoms with Crippen LogP contribution in [-0.2, 0) is 20.8 Å². The monoisotopic (exact) mass is 1460 g/mol. The molecule has 0 spiro atoms. The number of H-pyrrole nitrogens is 3. The Kier molecular flexibility index (Phi) is 24.3. The van der Waals surface area contributed by atoms with Crippen molar-refractivity contribution in [2.45, 2.75) is 27.3 Å². The fraction of sp³-hybridized carbons (Fsp3) is 0.260. The predicted molar refractivity (Wildman–Crippen MR) is 406 cm³/mol. The number of pyridine rings is 2. The number of hydrogen-bond acceptors (Lipinski definition) is 26. The van der Waals surface area contributed by atoms with Crippen molar-refractivity contribution < 1.29 is 33.0 Å². The van der Waals surface area contributed by atoms with Crippen molar-refractivity contribution in [2.75, 3.05) is 130 Å². The van der Waals surface area contributed by atoms with Gasteiger partial charge in [0.25, 0.3) is 0 Å². The van der Waals surface area contributed by atoms with E-state index in [1.807, 2.05) is 62.4 Å². The highest BCUT2D eigenvalue weighted by atomic mass is 19.1. The lowest BCUT2D eigenvalue weighted by atomic mass is 10.0. The van der Waals surface area contributed by atoms with E-state index in [0.29, 0.717) is 99.4 Å². The number of fused-ring (bicyclic) bond motifs is 3. The van der Waals surface area contributed by atoms with Crippen LogP contribution in [0, 0.1) is 5.82 Å². The Hall–Kier alpha value is -13.3. The standard InChI is InChI=1S/C25H22FN9O.C24H28N10O2.C24H27N9O3/c1-2-27-25(36)35-24-33-20-11-15(10-18(22(20)34-24)21-19(26)7-5-9-29-21)16-12-30-23(31-13-16)32-14-17-6-3-4-8-28-17;1-2-25-24(35)33-23-31-19-13-16(12-18(20(19)32-23)21-26-4-3-5-27-21)17-14-29-22(30-15-17)28-6-7-34-8-10-36-11-9-34;1-2-36-24(34)32-23-30-19-13-16(12-18(20(19)31-23)21-25-4-3-5-26-21)17-14-28-22(29-15-17)27-6-7-33-8-10-35-11-9-33/h3-13H,2,14H2,1H3,(H,30,31,32)(H3,27,33,34,35,36);3-5,12-15H,2,6-11H2,1H3,(H,28,29,30)(H3,25,31,32,33,35);3-5,12-15H,2,6-11H2,1H3,(H,27,28,29)(H2,30,31,32,34). The normalized spacial score (nSPS) is 13.0. The number of morpholine rings is 2. The fourth-order valence-electron chi connectivity index (χ4n) is 11.6. The maximum absolute atomic E-state index is 14.7. The van der Waals surface area contributed by atoms with E-state index in [9.17, 15) is 18.8 Å². The van der Waals surface area contributed by atoms with Gasteiger partial charge in [0.1, 0.15) is 28.1 Å². The number of anilines is 6. The van der Waals surface area contributed by atoms with Gasteiger partial charge in [-0.3, -0.25) is 35.7 Å². The summed E-state index contributed by atoms with van der Waals surface area (Å²) in [5, 5.41) is 23.0. The average molecular weight is 1460 g/mol. The molecule has 10 aromatic heterocycles. The minimum Gasteiger partial charge on any atom is -0.450 e. The Morgan fingerprint density at radius 2 is 0.880 bits per heavy atom. The molecular formula is C73H77FN28O6. The largest absolute Gasteiger partial charge is 0.450 e. The van der Waals surface area contributed by atoms with Gasteiger partial charge in [-0.2, -0.15) is 0 Å². The topological polar surface area (TPSA) is 422 Å². The summed E-state index contributed by atoms with van der Waals surface area (Å²) in [6.07, 6.45) is 19.8. The molecule has 108 heavy (non-hydrogen) atoms. The summed E-state index contributed by atoms with van der Waals surface area (Å²) < 4.78 is 30.4. The smallest absolute Gasteiger partial charge is 0.413 e. The summed E-state index contributed by atoms with van der Waals surface area (Å²) in [5.74, 6) is 3.01. The van der Waals surface area contributed by atoms with Gasteiger partial charge in [0.2, 0.25) is 35.7 Å². The van der Waals surface area contributed by atoms with Gasteiger partial charge in [-0.15, -0.1) is 0 Å². The molecule has 2 aliphatic heterocycles. The third-order valence-electron chi connectivity index (χ3n) is 16.8. The lowest BCUT2D eigenvalue weighted by molar-refractivity contribution is 0.0398. The van der Waals surface area contributed by atoms with E-state index in [1.54, 1.807) is 93.3 Å². The maximum Gasteiger partial charge on any atom is 0.413 e. The van der Waals surface area contributed by atoms with E-state index in [-0.39, 0.29) is 30.2 Å². The molecule has 35 heteroatoms. The van der Waals surface area contributed by atoms with E-state index in [1.165, 1.54) is 18.3 Å². The molecule has 0 saturated carbocycles. The molecule has 2 aliphatic rings. The van der Waals surface area contributed by atoms with Crippen molar-refractivity contribution in [1.29, 1.82) is 0 Å². The molecule has 11 N–H and O–H groups in total. The van der Waals surface area contributed by atoms with E-state index in [4.69, 9.17) is 14.2 Å². The van der Waals surface area contributed by atoms with Gasteiger partial charge >= 0.3 is 18.2 Å². The average Bonchev–Trinajstić information content (AvgIpc) is 1.64. The van der Waals surface area contributed by atoms with Crippen molar-refractivity contribution in [3.63, 3.8) is 0 Å². The summed E-state index contributed by atoms with van der Waals surface area (Å²) in [5.41, 5.74) is 11.5. The van der Waals surface area contributed by atoms with Crippen LogP contribution in [0.5, 0.6) is 0 Å². The van der Waals surface area contributed by atoms with Crippen molar-refractivity contribution in [2.24, 2.45) is 0 Å². The summed E-state index contributed by atoms with van der Waals surface area (Å²) in [4.78, 5) is 116. The molecule has 2 saturated heterocycles. The number of ether oxygens (including phenoxy) is 3. The van der Waals surface area contributed by atoms with Gasteiger partial charge in [-0.05, 0) is 110 Å². The Morgan fingerprint density at radius 1 is 0.463 bits per heavy atom. The van der Waals surface area contributed by atoms with E-state index in [0.717, 1.165) is 123 Å². The van der Waals surface area contributed by atoms with Crippen LogP contribution in [0.15, 0.2) is 153 Å². The molecule has 0 bridgehead atoms. The van der Waals surface area contributed by atoms with Crippen LogP contribution < -0.4 is 42.5 Å². The first-order chi connectivity index (χ1) is 53.0. The van der Waals surface area contributed by atoms with Gasteiger partial charge in [0.15, 0.2) is 11.6 Å². The molecule has 12 heterocycles. The third-order valence-corrected chi connectivity index (χ3v) is 16.8. The van der Waals surface area contributed by atoms with Crippen molar-refractivity contribution in [1.82, 2.24) is 110 Å². The molecule has 5 amide bonds. The van der Waals surface area contributed by atoms with Gasteiger partial charge in [-0.1, -0.05) is 6.07 Å². The van der Waals surface area contributed by atoms with Crippen LogP contribution in [0.4, 0.5) is 54.5 Å². The summed E-state index contributed by atoms with van der Waals surface area (Å²) in [6, 6.07) is 22.7. The molecule has 552 valence electrons. The number of urea groups is 2. The molecule has 0 aliphatic carbocycles. The zero-order valence-electron chi connectivity index (χ0n) is 59.2. The Labute approximate surface area is 617 Å². The summed E-state index contributed by atoms with van der Waals surface area (Å²) >= 11 is 0. The van der Waals surface area contributed by atoms with E-state index >= 15 is 0 Å². The molecule has 15 rings (SSSR count). The molecule has 13 aromatic rings. The quantitative estimate of drug-likeness (QED) is 0.0284. The van der Waals surface area contributed by atoms with Crippen molar-refractivity contribution >= 4 is 86.9 Å². The Bertz CT molecular complexity index is 4920. The highest BCUT2D eigenvalue weighted by molar-refractivity contribution is 6.00. The number of nitrogens with zero attached hydrogens (tertiary/aromatic N) is 17. The molecule has 0 radical (unpaired) electrons. The first kappa shape index (κ1) is 73.1. The number of aromatic amines is 3. The maximum atomic E-state index is 14.7. The second-order valence-electron chi connectivity index (χ2n) is 24.1. The lowest BCUT2D eigenvalue weighted by Crippen LogP contribution is -2.39. The second-order valence-corrected chi connectivity index (χ2v) is 24.1. The molecule has 3 aromatic carbocycles. The number of carbonyl (C=O) groups excluding carboxylic acids is 3. The Balaban J connectivity index is 0.000000143. The molecule has 0 atom stereocenters. The fourth-order valence-corrected chi connectivity index (χ4v) is 11.6. The highest BCUT2D eigenvalue weighted by Gasteiger charge is 2.22. The number of hydrogen-bond donors (Lipinski definition) is 11. The number of nitrogens with one attached hydrogen (secondary N) is 11. The number of rotatable bonds is 23. The van der Waals surface area contributed by atoms with Crippen LogP contribution in [-0.4, -0.2) is 216 Å². The number of aromatic nitrogens is 18. The van der Waals surface area contributed by atoms with Gasteiger partial charge < -0.3 is 55.7 Å². The first-order valence-corrected chi connectivity index (χ1v) is 35.0. The van der Waals surface area contributed by atoms with Crippen LogP contribution in [0.3, 0.4) is 0 Å². The minimum absolute atomic E-state index is 0.148. The van der Waals surface area contributed by atoms with Crippen LogP contribution in [0.1, 0.15) is 26.5 Å². The van der Waals surface area contributed by atoms with Crippen molar-refractivity contribution in [3.05, 3.63) is 165 Å². The highest BCUT2D eigenvalue weighted by Crippen LogP contribution is 2.36. The molecule has 0 unspecified atom stereocenters. The van der Waals surface area contributed by atoms with Gasteiger partial charge in [0.05, 0.1) is 61.8 Å². The van der Waals surface area contributed by atoms with Crippen LogP contribution in [0.2, 0.25) is 0 Å². The van der Waals surface area contributed by atoms with Crippen LogP contribution >= 0.6 is 0 Å². The van der Waals surface area contributed by atoms with Gasteiger partial charge in [-0.25, -0.2) is 83.6 Å². The second kappa shape index (κ2) is 36.0. The zero-order chi connectivity index (χ0) is 74.4. The van der Waals surface area contributed by atoms with Crippen molar-refractivity contribution in [3.8, 4) is 67.4 Å². The first-order valence-electron chi connectivity index (χ1n) is 35.0. The summed E-state index contributed by atoms with van der Waals surface area (Å²) in [6.45, 7) is 17.4. The molecular weight excluding hydrogens is 1380 g/mol. The molecule has 34 nitrogen and oxygen atoms in total. The predicted octanol–water partition coefficient (Wildman–Crippen LogP) is 9.52. The van der Waals surface area contributed by atoms with E-state index in [2.05, 4.69) is 142 Å².